The van der Waals surface area contributed by atoms with Crippen LogP contribution in [0.4, 0.5) is 0 Å². The van der Waals surface area contributed by atoms with Gasteiger partial charge < -0.3 is 4.90 Å². The van der Waals surface area contributed by atoms with Gasteiger partial charge in [-0.25, -0.2) is 8.42 Å². The van der Waals surface area contributed by atoms with E-state index < -0.39 is 21.2 Å². The van der Waals surface area contributed by atoms with Gasteiger partial charge in [-0.1, -0.05) is 60.7 Å². The minimum Gasteiger partial charge on any atom is -0.340 e. The molecule has 1 aliphatic carbocycles. The Morgan fingerprint density at radius 3 is 2.00 bits per heavy atom. The predicted octanol–water partition coefficient (Wildman–Crippen LogP) is 3.03. The third-order valence-electron chi connectivity index (χ3n) is 5.21. The second-order valence-corrected chi connectivity index (χ2v) is 9.04. The molecule has 5 nitrogen and oxygen atoms in total. The molecule has 0 saturated carbocycles. The smallest absolute Gasteiger partial charge is 0.265 e. The van der Waals surface area contributed by atoms with E-state index in [-0.39, 0.29) is 22.1 Å². The van der Waals surface area contributed by atoms with E-state index in [2.05, 4.69) is 0 Å². The van der Waals surface area contributed by atoms with Crippen LogP contribution in [0, 0.1) is 5.41 Å². The molecular formula is C23H19NO4S. The highest BCUT2D eigenvalue weighted by molar-refractivity contribution is 7.96. The molecule has 0 bridgehead atoms. The van der Waals surface area contributed by atoms with Gasteiger partial charge in [0, 0.05) is 13.6 Å². The first-order valence-corrected chi connectivity index (χ1v) is 10.6. The number of amides is 1. The fraction of sp³-hybridized carbons (Fsp3) is 0.130. The molecule has 0 radical (unpaired) electrons. The number of sulfone groups is 1. The van der Waals surface area contributed by atoms with Crippen LogP contribution in [0.2, 0.25) is 0 Å². The lowest BCUT2D eigenvalue weighted by atomic mass is 9.72. The lowest BCUT2D eigenvalue weighted by molar-refractivity contribution is -0.126. The zero-order chi connectivity index (χ0) is 20.6. The minimum atomic E-state index is -4.09. The number of benzene rings is 2. The van der Waals surface area contributed by atoms with Crippen molar-refractivity contribution in [1.82, 2.24) is 4.90 Å². The number of carbonyl (C=O) groups excluding carboxylic acids is 2. The first-order chi connectivity index (χ1) is 13.8. The van der Waals surface area contributed by atoms with E-state index in [0.29, 0.717) is 11.1 Å². The quantitative estimate of drug-likeness (QED) is 0.787. The molecule has 29 heavy (non-hydrogen) atoms. The van der Waals surface area contributed by atoms with E-state index in [9.17, 15) is 18.0 Å². The van der Waals surface area contributed by atoms with E-state index in [1.165, 1.54) is 29.2 Å². The number of hydrogen-bond donors (Lipinski definition) is 0. The molecule has 6 heteroatoms. The fourth-order valence-electron chi connectivity index (χ4n) is 3.85. The molecule has 1 heterocycles. The maximum absolute atomic E-state index is 13.6. The van der Waals surface area contributed by atoms with Crippen molar-refractivity contribution in [2.75, 3.05) is 13.6 Å². The van der Waals surface area contributed by atoms with Gasteiger partial charge in [0.05, 0.1) is 10.3 Å². The number of ketones is 1. The third kappa shape index (κ3) is 3.15. The molecule has 0 unspecified atom stereocenters. The van der Waals surface area contributed by atoms with E-state index in [1.54, 1.807) is 61.7 Å². The summed E-state index contributed by atoms with van der Waals surface area (Å²) in [6, 6.07) is 16.9. The summed E-state index contributed by atoms with van der Waals surface area (Å²) in [6.45, 7) is 0.240. The zero-order valence-corrected chi connectivity index (χ0v) is 16.6. The van der Waals surface area contributed by atoms with Crippen LogP contribution >= 0.6 is 0 Å². The highest BCUT2D eigenvalue weighted by Crippen LogP contribution is 2.47. The maximum atomic E-state index is 13.6. The number of rotatable bonds is 3. The zero-order valence-electron chi connectivity index (χ0n) is 15.8. The standard InChI is InChI=1S/C23H19NO4S/c1-24-16-23(14-12-18(25)13-15-23)20(17-8-4-2-5-9-17)21(22(24)26)29(27,28)19-10-6-3-7-11-19/h2-15H,16H2,1H3. The van der Waals surface area contributed by atoms with Gasteiger partial charge in [0.15, 0.2) is 5.78 Å². The van der Waals surface area contributed by atoms with Crippen LogP contribution in [0.25, 0.3) is 5.57 Å². The Bertz CT molecular complexity index is 1160. The van der Waals surface area contributed by atoms with E-state index >= 15 is 0 Å². The summed E-state index contributed by atoms with van der Waals surface area (Å²) in [4.78, 5) is 26.2. The Morgan fingerprint density at radius 2 is 1.41 bits per heavy atom. The van der Waals surface area contributed by atoms with E-state index in [1.807, 2.05) is 6.07 Å². The Balaban J connectivity index is 2.10. The monoisotopic (exact) mass is 405 g/mol. The van der Waals surface area contributed by atoms with E-state index in [4.69, 9.17) is 0 Å². The van der Waals surface area contributed by atoms with Crippen LogP contribution in [0.3, 0.4) is 0 Å². The topological polar surface area (TPSA) is 71.5 Å². The van der Waals surface area contributed by atoms with Gasteiger partial charge in [-0.2, -0.15) is 0 Å². The third-order valence-corrected chi connectivity index (χ3v) is 7.02. The maximum Gasteiger partial charge on any atom is 0.265 e. The summed E-state index contributed by atoms with van der Waals surface area (Å²) in [5.41, 5.74) is 0.118. The number of likely N-dealkylation sites (N-methyl/N-ethyl adjacent to an activating group) is 1. The Morgan fingerprint density at radius 1 is 0.862 bits per heavy atom. The molecule has 2 aromatic carbocycles. The highest BCUT2D eigenvalue weighted by atomic mass is 32.2. The van der Waals surface area contributed by atoms with Gasteiger partial charge in [-0.15, -0.1) is 0 Å². The molecule has 0 saturated heterocycles. The number of allylic oxidation sites excluding steroid dienone is 2. The summed E-state index contributed by atoms with van der Waals surface area (Å²) < 4.78 is 27.2. The molecule has 0 N–H and O–H groups in total. The van der Waals surface area contributed by atoms with Crippen LogP contribution in [0.5, 0.6) is 0 Å². The predicted molar refractivity (Wildman–Crippen MR) is 110 cm³/mol. The number of nitrogens with zero attached hydrogens (tertiary/aromatic N) is 1. The summed E-state index contributed by atoms with van der Waals surface area (Å²) >= 11 is 0. The van der Waals surface area contributed by atoms with Crippen LogP contribution in [0.15, 0.2) is 94.8 Å². The van der Waals surface area contributed by atoms with Crippen LogP contribution in [0.1, 0.15) is 5.56 Å². The summed E-state index contributed by atoms with van der Waals surface area (Å²) in [6.07, 6.45) is 6.25. The van der Waals surface area contributed by atoms with Gasteiger partial charge >= 0.3 is 0 Å². The molecule has 1 aliphatic heterocycles. The summed E-state index contributed by atoms with van der Waals surface area (Å²) in [5.74, 6) is -0.730. The number of carbonyl (C=O) groups is 2. The average Bonchev–Trinajstić information content (AvgIpc) is 2.74. The molecule has 0 atom stereocenters. The van der Waals surface area contributed by atoms with Gasteiger partial charge in [-0.05, 0) is 35.4 Å². The molecule has 0 fully saturated rings. The van der Waals surface area contributed by atoms with Gasteiger partial charge in [-0.3, -0.25) is 9.59 Å². The van der Waals surface area contributed by atoms with Crippen molar-refractivity contribution in [3.63, 3.8) is 0 Å². The van der Waals surface area contributed by atoms with E-state index in [0.717, 1.165) is 0 Å². The molecule has 2 aliphatic rings. The van der Waals surface area contributed by atoms with Crippen LogP contribution < -0.4 is 0 Å². The van der Waals surface area contributed by atoms with Crippen molar-refractivity contribution in [2.45, 2.75) is 4.90 Å². The van der Waals surface area contributed by atoms with Crippen molar-refractivity contribution >= 4 is 27.1 Å². The van der Waals surface area contributed by atoms with Crippen molar-refractivity contribution in [1.29, 1.82) is 0 Å². The number of hydrogen-bond acceptors (Lipinski definition) is 4. The van der Waals surface area contributed by atoms with Crippen molar-refractivity contribution in [2.24, 2.45) is 5.41 Å². The summed E-state index contributed by atoms with van der Waals surface area (Å²) in [7, 11) is -2.52. The average molecular weight is 405 g/mol. The Hall–Kier alpha value is -3.25. The fourth-order valence-corrected chi connectivity index (χ4v) is 5.56. The van der Waals surface area contributed by atoms with Crippen molar-refractivity contribution < 1.29 is 18.0 Å². The molecule has 146 valence electrons. The second-order valence-electron chi connectivity index (χ2n) is 7.16. The molecule has 0 aromatic heterocycles. The van der Waals surface area contributed by atoms with Gasteiger partial charge in [0.1, 0.15) is 4.91 Å². The first kappa shape index (κ1) is 19.1. The molecule has 1 amide bonds. The molecular weight excluding hydrogens is 386 g/mol. The van der Waals surface area contributed by atoms with Crippen molar-refractivity contribution in [3.05, 3.63) is 95.4 Å². The van der Waals surface area contributed by atoms with Gasteiger partial charge in [0.2, 0.25) is 9.84 Å². The minimum absolute atomic E-state index is 0.0575. The first-order valence-electron chi connectivity index (χ1n) is 9.13. The normalized spacial score (nSPS) is 18.6. The largest absolute Gasteiger partial charge is 0.340 e. The SMILES string of the molecule is CN1CC2(C=CC(=O)C=C2)C(c2ccccc2)=C(S(=O)(=O)c2ccccc2)C1=O. The molecule has 1 spiro atoms. The lowest BCUT2D eigenvalue weighted by Crippen LogP contribution is -2.46. The van der Waals surface area contributed by atoms with Crippen molar-refractivity contribution in [3.8, 4) is 0 Å². The van der Waals surface area contributed by atoms with Gasteiger partial charge in [0.25, 0.3) is 5.91 Å². The molecule has 2 aromatic rings. The Labute approximate surface area is 169 Å². The Kier molecular flexibility index (Phi) is 4.59. The second kappa shape index (κ2) is 6.97. The molecule has 4 rings (SSSR count). The highest BCUT2D eigenvalue weighted by Gasteiger charge is 2.46. The lowest BCUT2D eigenvalue weighted by Gasteiger charge is -2.41. The van der Waals surface area contributed by atoms with Crippen LogP contribution in [-0.2, 0) is 19.4 Å². The summed E-state index contributed by atoms with van der Waals surface area (Å²) in [5, 5.41) is 0. The van der Waals surface area contributed by atoms with Crippen LogP contribution in [-0.4, -0.2) is 38.6 Å².